The van der Waals surface area contributed by atoms with Crippen LogP contribution in [0.4, 0.5) is 4.39 Å². The Morgan fingerprint density at radius 2 is 2.60 bits per heavy atom. The maximum Gasteiger partial charge on any atom is 0.330 e. The van der Waals surface area contributed by atoms with Crippen molar-refractivity contribution in [1.29, 1.82) is 0 Å². The molecule has 1 unspecified atom stereocenters. The lowest BCUT2D eigenvalue weighted by molar-refractivity contribution is 0.384. The van der Waals surface area contributed by atoms with E-state index in [0.717, 1.165) is 11.0 Å². The third-order valence-corrected chi connectivity index (χ3v) is 1.76. The number of hydrogen-bond acceptors (Lipinski definition) is 1. The highest BCUT2D eigenvalue weighted by Gasteiger charge is 2.21. The second kappa shape index (κ2) is 2.24. The SMILES string of the molecule is FC1C=C2CO[B]C2=CC1. The second-order valence-corrected chi connectivity index (χ2v) is 2.53. The summed E-state index contributed by atoms with van der Waals surface area (Å²) < 4.78 is 17.6. The normalized spacial score (nSPS) is 30.3. The molecule has 1 aliphatic heterocycles. The molecule has 1 radical (unpaired) electrons. The van der Waals surface area contributed by atoms with Crippen LogP contribution in [0.5, 0.6) is 0 Å². The maximum absolute atomic E-state index is 12.6. The summed E-state index contributed by atoms with van der Waals surface area (Å²) in [6.07, 6.45) is 3.22. The molecule has 0 N–H and O–H groups in total. The van der Waals surface area contributed by atoms with Gasteiger partial charge in [-0.15, -0.1) is 0 Å². The topological polar surface area (TPSA) is 9.23 Å². The Bertz CT molecular complexity index is 210. The molecule has 0 amide bonds. The van der Waals surface area contributed by atoms with E-state index in [4.69, 9.17) is 4.65 Å². The van der Waals surface area contributed by atoms with Crippen molar-refractivity contribution in [3.63, 3.8) is 0 Å². The van der Waals surface area contributed by atoms with Crippen LogP contribution < -0.4 is 0 Å². The summed E-state index contributed by atoms with van der Waals surface area (Å²) in [5, 5.41) is 0. The Kier molecular flexibility index (Phi) is 1.38. The highest BCUT2D eigenvalue weighted by Crippen LogP contribution is 2.24. The smallest absolute Gasteiger partial charge is 0.330 e. The highest BCUT2D eigenvalue weighted by atomic mass is 19.1. The summed E-state index contributed by atoms with van der Waals surface area (Å²) >= 11 is 0. The zero-order valence-electron chi connectivity index (χ0n) is 5.51. The Balaban J connectivity index is 2.27. The summed E-state index contributed by atoms with van der Waals surface area (Å²) in [4.78, 5) is 0. The van der Waals surface area contributed by atoms with Gasteiger partial charge in [-0.05, 0) is 11.6 Å². The molecular weight excluding hydrogens is 130 g/mol. The average Bonchev–Trinajstić information content (AvgIpc) is 2.33. The van der Waals surface area contributed by atoms with Gasteiger partial charge in [0, 0.05) is 6.42 Å². The van der Waals surface area contributed by atoms with Gasteiger partial charge in [-0.2, -0.15) is 0 Å². The van der Waals surface area contributed by atoms with Crippen LogP contribution in [0, 0.1) is 0 Å². The quantitative estimate of drug-likeness (QED) is 0.455. The highest BCUT2D eigenvalue weighted by molar-refractivity contribution is 6.41. The van der Waals surface area contributed by atoms with Gasteiger partial charge in [0.05, 0.1) is 6.61 Å². The first-order valence-corrected chi connectivity index (χ1v) is 3.36. The van der Waals surface area contributed by atoms with Crippen molar-refractivity contribution >= 4 is 7.48 Å². The van der Waals surface area contributed by atoms with Crippen molar-refractivity contribution in [1.82, 2.24) is 0 Å². The number of allylic oxidation sites excluding steroid dienone is 2. The average molecular weight is 137 g/mol. The lowest BCUT2D eigenvalue weighted by atomic mass is 9.81. The number of rotatable bonds is 0. The molecule has 10 heavy (non-hydrogen) atoms. The first-order valence-electron chi connectivity index (χ1n) is 3.36. The van der Waals surface area contributed by atoms with Crippen LogP contribution in [0.25, 0.3) is 0 Å². The molecule has 1 fully saturated rings. The predicted octanol–water partition coefficient (Wildman–Crippen LogP) is 1.19. The van der Waals surface area contributed by atoms with E-state index in [1.807, 2.05) is 6.08 Å². The van der Waals surface area contributed by atoms with Crippen LogP contribution in [0.3, 0.4) is 0 Å². The van der Waals surface area contributed by atoms with Gasteiger partial charge in [0.2, 0.25) is 0 Å². The van der Waals surface area contributed by atoms with Gasteiger partial charge in [0.1, 0.15) is 6.17 Å². The van der Waals surface area contributed by atoms with E-state index in [2.05, 4.69) is 0 Å². The first-order chi connectivity index (χ1) is 4.86. The third kappa shape index (κ3) is 0.906. The molecule has 1 nitrogen and oxygen atoms in total. The first kappa shape index (κ1) is 6.16. The van der Waals surface area contributed by atoms with Crippen LogP contribution in [-0.2, 0) is 4.65 Å². The molecule has 2 aliphatic rings. The monoisotopic (exact) mass is 137 g/mol. The zero-order valence-corrected chi connectivity index (χ0v) is 5.51. The molecule has 51 valence electrons. The lowest BCUT2D eigenvalue weighted by Gasteiger charge is -2.08. The molecule has 0 spiro atoms. The van der Waals surface area contributed by atoms with Crippen molar-refractivity contribution < 1.29 is 9.04 Å². The van der Waals surface area contributed by atoms with E-state index in [1.54, 1.807) is 13.6 Å². The fraction of sp³-hybridized carbons (Fsp3) is 0.429. The largest absolute Gasteiger partial charge is 0.430 e. The van der Waals surface area contributed by atoms with E-state index in [9.17, 15) is 4.39 Å². The molecule has 0 aromatic carbocycles. The summed E-state index contributed by atoms with van der Waals surface area (Å²) in [6, 6.07) is 0. The predicted molar refractivity (Wildman–Crippen MR) is 37.4 cm³/mol. The number of alkyl halides is 1. The molecule has 2 rings (SSSR count). The van der Waals surface area contributed by atoms with Crippen molar-refractivity contribution in [3.05, 3.63) is 23.2 Å². The fourth-order valence-electron chi connectivity index (χ4n) is 1.23. The fourth-order valence-corrected chi connectivity index (χ4v) is 1.23. The third-order valence-electron chi connectivity index (χ3n) is 1.76. The van der Waals surface area contributed by atoms with Crippen LogP contribution >= 0.6 is 0 Å². The minimum atomic E-state index is -0.797. The van der Waals surface area contributed by atoms with Gasteiger partial charge in [-0.3, -0.25) is 0 Å². The number of halogens is 1. The van der Waals surface area contributed by atoms with E-state index in [-0.39, 0.29) is 0 Å². The zero-order chi connectivity index (χ0) is 6.97. The van der Waals surface area contributed by atoms with Crippen molar-refractivity contribution in [3.8, 4) is 0 Å². The number of hydrogen-bond donors (Lipinski definition) is 0. The van der Waals surface area contributed by atoms with Crippen LogP contribution in [0.2, 0.25) is 0 Å². The standard InChI is InChI=1S/C7H7BFO/c9-6-1-2-7-5(3-6)4-10-8-7/h2-3,6H,1,4H2. The molecule has 0 saturated carbocycles. The molecular formula is C7H7BFO. The molecule has 3 heteroatoms. The van der Waals surface area contributed by atoms with Crippen LogP contribution in [0.1, 0.15) is 6.42 Å². The summed E-state index contributed by atoms with van der Waals surface area (Å²) in [5.74, 6) is 0. The van der Waals surface area contributed by atoms with Gasteiger partial charge in [0.25, 0.3) is 0 Å². The maximum atomic E-state index is 12.6. The summed E-state index contributed by atoms with van der Waals surface area (Å²) in [5.41, 5.74) is 2.06. The van der Waals surface area contributed by atoms with Crippen molar-refractivity contribution in [2.24, 2.45) is 0 Å². The molecule has 1 atom stereocenters. The van der Waals surface area contributed by atoms with Gasteiger partial charge < -0.3 is 4.65 Å². The van der Waals surface area contributed by atoms with Crippen molar-refractivity contribution in [2.75, 3.05) is 6.61 Å². The van der Waals surface area contributed by atoms with Gasteiger partial charge >= 0.3 is 7.48 Å². The minimum absolute atomic E-state index is 0.499. The second-order valence-electron chi connectivity index (χ2n) is 2.53. The molecule has 0 bridgehead atoms. The van der Waals surface area contributed by atoms with Crippen LogP contribution in [-0.4, -0.2) is 20.3 Å². The molecule has 1 saturated heterocycles. The van der Waals surface area contributed by atoms with Gasteiger partial charge in [0.15, 0.2) is 0 Å². The molecule has 0 aromatic rings. The van der Waals surface area contributed by atoms with E-state index in [1.165, 1.54) is 0 Å². The molecule has 1 aliphatic carbocycles. The Morgan fingerprint density at radius 3 is 3.50 bits per heavy atom. The van der Waals surface area contributed by atoms with E-state index in [0.29, 0.717) is 13.0 Å². The van der Waals surface area contributed by atoms with Crippen LogP contribution in [0.15, 0.2) is 23.2 Å². The van der Waals surface area contributed by atoms with Gasteiger partial charge in [-0.25, -0.2) is 4.39 Å². The minimum Gasteiger partial charge on any atom is -0.430 e. The van der Waals surface area contributed by atoms with E-state index < -0.39 is 6.17 Å². The molecule has 0 aromatic heterocycles. The Morgan fingerprint density at radius 1 is 1.70 bits per heavy atom. The number of fused-ring (bicyclic) bond motifs is 1. The van der Waals surface area contributed by atoms with Gasteiger partial charge in [-0.1, -0.05) is 11.5 Å². The Hall–Kier alpha value is -0.565. The summed E-state index contributed by atoms with van der Waals surface area (Å²) in [6.45, 7) is 0.548. The molecule has 1 heterocycles. The summed E-state index contributed by atoms with van der Waals surface area (Å²) in [7, 11) is 1.69. The lowest BCUT2D eigenvalue weighted by Crippen LogP contribution is -2.03. The Labute approximate surface area is 59.8 Å². The van der Waals surface area contributed by atoms with E-state index >= 15 is 0 Å². The van der Waals surface area contributed by atoms with Crippen molar-refractivity contribution in [2.45, 2.75) is 12.6 Å².